The Hall–Kier alpha value is -3.80. The number of methoxy groups -OCH3 is 1. The average molecular weight is 418 g/mol. The zero-order valence-electron chi connectivity index (χ0n) is 18.2. The van der Waals surface area contributed by atoms with Crippen LogP contribution in [0.25, 0.3) is 0 Å². The molecule has 31 heavy (non-hydrogen) atoms. The molecule has 6 nitrogen and oxygen atoms in total. The van der Waals surface area contributed by atoms with Gasteiger partial charge in [0.1, 0.15) is 11.8 Å². The van der Waals surface area contributed by atoms with Crippen LogP contribution in [0.4, 0.5) is 17.1 Å². The molecule has 3 rings (SSSR count). The van der Waals surface area contributed by atoms with E-state index in [2.05, 4.69) is 22.0 Å². The molecule has 3 aromatic carbocycles. The van der Waals surface area contributed by atoms with Crippen molar-refractivity contribution < 1.29 is 14.3 Å². The number of nitrogens with one attached hydrogen (secondary N) is 3. The van der Waals surface area contributed by atoms with E-state index in [1.165, 1.54) is 5.56 Å². The van der Waals surface area contributed by atoms with E-state index in [0.717, 1.165) is 11.3 Å². The molecule has 1 unspecified atom stereocenters. The molecule has 0 aliphatic rings. The third-order valence-corrected chi connectivity index (χ3v) is 4.92. The molecule has 0 heterocycles. The lowest BCUT2D eigenvalue weighted by molar-refractivity contribution is -0.116. The van der Waals surface area contributed by atoms with E-state index in [1.807, 2.05) is 45.0 Å². The van der Waals surface area contributed by atoms with Crippen LogP contribution in [0.1, 0.15) is 28.4 Å². The molecule has 3 N–H and O–H groups in total. The van der Waals surface area contributed by atoms with Crippen molar-refractivity contribution in [1.82, 2.24) is 0 Å². The van der Waals surface area contributed by atoms with Gasteiger partial charge >= 0.3 is 0 Å². The number of hydrogen-bond donors (Lipinski definition) is 3. The monoisotopic (exact) mass is 417 g/mol. The molecule has 0 aromatic heterocycles. The van der Waals surface area contributed by atoms with Gasteiger partial charge in [0.2, 0.25) is 5.91 Å². The van der Waals surface area contributed by atoms with Crippen LogP contribution in [0, 0.1) is 13.8 Å². The molecule has 0 bridgehead atoms. The van der Waals surface area contributed by atoms with Crippen LogP contribution in [-0.2, 0) is 4.79 Å². The first-order valence-corrected chi connectivity index (χ1v) is 10.1. The number of carbonyl (C=O) groups is 2. The highest BCUT2D eigenvalue weighted by Crippen LogP contribution is 2.24. The van der Waals surface area contributed by atoms with Gasteiger partial charge in [-0.25, -0.2) is 0 Å². The van der Waals surface area contributed by atoms with Gasteiger partial charge in [0, 0.05) is 16.9 Å². The number of aryl methyl sites for hydroxylation is 2. The largest absolute Gasteiger partial charge is 0.495 e. The van der Waals surface area contributed by atoms with Gasteiger partial charge in [0.05, 0.1) is 12.8 Å². The summed E-state index contributed by atoms with van der Waals surface area (Å²) in [5.41, 5.74) is 4.88. The van der Waals surface area contributed by atoms with Crippen molar-refractivity contribution in [3.63, 3.8) is 0 Å². The lowest BCUT2D eigenvalue weighted by Gasteiger charge is -2.17. The molecule has 0 radical (unpaired) electrons. The van der Waals surface area contributed by atoms with Crippen molar-refractivity contribution in [2.75, 3.05) is 23.1 Å². The number of rotatable bonds is 7. The maximum Gasteiger partial charge on any atom is 0.255 e. The highest BCUT2D eigenvalue weighted by atomic mass is 16.5. The molecule has 0 saturated carbocycles. The third kappa shape index (κ3) is 5.63. The molecule has 0 aliphatic heterocycles. The van der Waals surface area contributed by atoms with Crippen LogP contribution in [0.5, 0.6) is 5.75 Å². The summed E-state index contributed by atoms with van der Waals surface area (Å²) in [6.07, 6.45) is 0. The molecule has 0 aliphatic carbocycles. The first-order chi connectivity index (χ1) is 14.9. The van der Waals surface area contributed by atoms with E-state index in [-0.39, 0.29) is 11.8 Å². The highest BCUT2D eigenvalue weighted by Gasteiger charge is 2.15. The molecule has 6 heteroatoms. The normalized spacial score (nSPS) is 11.4. The van der Waals surface area contributed by atoms with Crippen molar-refractivity contribution in [1.29, 1.82) is 0 Å². The third-order valence-electron chi connectivity index (χ3n) is 4.92. The number of hydrogen-bond acceptors (Lipinski definition) is 4. The van der Waals surface area contributed by atoms with Gasteiger partial charge < -0.3 is 20.7 Å². The van der Waals surface area contributed by atoms with E-state index < -0.39 is 6.04 Å². The number of amides is 2. The molecule has 160 valence electrons. The van der Waals surface area contributed by atoms with Gasteiger partial charge in [-0.2, -0.15) is 0 Å². The number of carbonyl (C=O) groups excluding carboxylic acids is 2. The van der Waals surface area contributed by atoms with Crippen LogP contribution >= 0.6 is 0 Å². The molecule has 2 amide bonds. The Morgan fingerprint density at radius 3 is 2.26 bits per heavy atom. The lowest BCUT2D eigenvalue weighted by atomic mass is 10.1. The van der Waals surface area contributed by atoms with Gasteiger partial charge in [-0.1, -0.05) is 29.8 Å². The van der Waals surface area contributed by atoms with Crippen LogP contribution in [-0.4, -0.2) is 25.0 Å². The van der Waals surface area contributed by atoms with Crippen molar-refractivity contribution in [2.45, 2.75) is 26.8 Å². The predicted octanol–water partition coefficient (Wildman–Crippen LogP) is 5.00. The fourth-order valence-corrected chi connectivity index (χ4v) is 3.17. The zero-order chi connectivity index (χ0) is 22.4. The van der Waals surface area contributed by atoms with Gasteiger partial charge in [-0.3, -0.25) is 9.59 Å². The van der Waals surface area contributed by atoms with Crippen molar-refractivity contribution in [3.05, 3.63) is 83.4 Å². The summed E-state index contributed by atoms with van der Waals surface area (Å²) >= 11 is 0. The summed E-state index contributed by atoms with van der Waals surface area (Å²) in [6, 6.07) is 19.6. The minimum atomic E-state index is -0.421. The Morgan fingerprint density at radius 1 is 0.871 bits per heavy atom. The highest BCUT2D eigenvalue weighted by molar-refractivity contribution is 6.05. The van der Waals surface area contributed by atoms with E-state index in [9.17, 15) is 9.59 Å². The molecule has 3 aromatic rings. The molecular weight excluding hydrogens is 390 g/mol. The Labute approximate surface area is 182 Å². The number of para-hydroxylation sites is 2. The van der Waals surface area contributed by atoms with E-state index >= 15 is 0 Å². The quantitative estimate of drug-likeness (QED) is 0.505. The number of ether oxygens (including phenoxy) is 1. The smallest absolute Gasteiger partial charge is 0.255 e. The SMILES string of the molecule is COc1ccccc1NC(=O)c1ccc(NC(=O)C(C)Nc2ccc(C)cc2C)cc1. The Kier molecular flexibility index (Phi) is 6.92. The van der Waals surface area contributed by atoms with Crippen molar-refractivity contribution >= 4 is 28.9 Å². The van der Waals surface area contributed by atoms with Crippen molar-refractivity contribution in [2.24, 2.45) is 0 Å². The second-order valence-electron chi connectivity index (χ2n) is 7.41. The van der Waals surface area contributed by atoms with Gasteiger partial charge in [0.15, 0.2) is 0 Å². The van der Waals surface area contributed by atoms with Gasteiger partial charge in [0.25, 0.3) is 5.91 Å². The molecule has 0 saturated heterocycles. The Balaban J connectivity index is 1.60. The first kappa shape index (κ1) is 21.9. The van der Waals surface area contributed by atoms with Crippen LogP contribution in [0.3, 0.4) is 0 Å². The summed E-state index contributed by atoms with van der Waals surface area (Å²) in [5, 5.41) is 8.94. The molecule has 1 atom stereocenters. The number of anilines is 3. The first-order valence-electron chi connectivity index (χ1n) is 10.1. The van der Waals surface area contributed by atoms with Gasteiger partial charge in [-0.15, -0.1) is 0 Å². The lowest BCUT2D eigenvalue weighted by Crippen LogP contribution is -2.32. The van der Waals surface area contributed by atoms with Crippen LogP contribution < -0.4 is 20.7 Å². The fraction of sp³-hybridized carbons (Fsp3) is 0.200. The second-order valence-corrected chi connectivity index (χ2v) is 7.41. The minimum Gasteiger partial charge on any atom is -0.495 e. The Morgan fingerprint density at radius 2 is 1.58 bits per heavy atom. The summed E-state index contributed by atoms with van der Waals surface area (Å²) in [6.45, 7) is 5.85. The molecule has 0 spiro atoms. The second kappa shape index (κ2) is 9.80. The predicted molar refractivity (Wildman–Crippen MR) is 125 cm³/mol. The van der Waals surface area contributed by atoms with Gasteiger partial charge in [-0.05, 0) is 68.8 Å². The number of benzene rings is 3. The fourth-order valence-electron chi connectivity index (χ4n) is 3.17. The standard InChI is InChI=1S/C25H27N3O3/c1-16-9-14-21(17(2)15-16)26-18(3)24(29)27-20-12-10-19(11-13-20)25(30)28-22-7-5-6-8-23(22)31-4/h5-15,18,26H,1-4H3,(H,27,29)(H,28,30). The van der Waals surface area contributed by atoms with Crippen LogP contribution in [0.15, 0.2) is 66.7 Å². The topological polar surface area (TPSA) is 79.5 Å². The maximum atomic E-state index is 12.6. The minimum absolute atomic E-state index is 0.161. The van der Waals surface area contributed by atoms with E-state index in [0.29, 0.717) is 22.7 Å². The molecule has 0 fully saturated rings. The Bertz CT molecular complexity index is 1080. The average Bonchev–Trinajstić information content (AvgIpc) is 2.76. The van der Waals surface area contributed by atoms with E-state index in [4.69, 9.17) is 4.74 Å². The zero-order valence-corrected chi connectivity index (χ0v) is 18.2. The van der Waals surface area contributed by atoms with Crippen molar-refractivity contribution in [3.8, 4) is 5.75 Å². The summed E-state index contributed by atoms with van der Waals surface area (Å²) in [7, 11) is 1.55. The molecular formula is C25H27N3O3. The van der Waals surface area contributed by atoms with Crippen LogP contribution in [0.2, 0.25) is 0 Å². The maximum absolute atomic E-state index is 12.6. The summed E-state index contributed by atoms with van der Waals surface area (Å²) in [4.78, 5) is 25.1. The summed E-state index contributed by atoms with van der Waals surface area (Å²) < 4.78 is 5.25. The van der Waals surface area contributed by atoms with E-state index in [1.54, 1.807) is 43.5 Å². The summed E-state index contributed by atoms with van der Waals surface area (Å²) in [5.74, 6) is 0.170.